The molecule has 2 heterocycles. The van der Waals surface area contributed by atoms with E-state index in [1.807, 2.05) is 11.0 Å². The lowest BCUT2D eigenvalue weighted by Crippen LogP contribution is -2.50. The first-order valence-corrected chi connectivity index (χ1v) is 10.2. The normalized spacial score (nSPS) is 22.1. The molecular weight excluding hydrogens is 360 g/mol. The Hall–Kier alpha value is -2.57. The van der Waals surface area contributed by atoms with Crippen molar-refractivity contribution in [2.45, 2.75) is 57.5 Å². The van der Waals surface area contributed by atoms with Crippen LogP contribution in [0.4, 0.5) is 0 Å². The predicted molar refractivity (Wildman–Crippen MR) is 103 cm³/mol. The number of carbonyl (C=O) groups excluding carboxylic acids is 2. The number of amides is 1. The second-order valence-corrected chi connectivity index (χ2v) is 7.74. The fourth-order valence-electron chi connectivity index (χ4n) is 4.66. The summed E-state index contributed by atoms with van der Waals surface area (Å²) in [6.07, 6.45) is 6.91. The van der Waals surface area contributed by atoms with E-state index in [-0.39, 0.29) is 25.5 Å². The Bertz CT molecular complexity index is 913. The second kappa shape index (κ2) is 8.20. The Morgan fingerprint density at radius 1 is 1.11 bits per heavy atom. The summed E-state index contributed by atoms with van der Waals surface area (Å²) in [6, 6.07) is 7.38. The molecule has 28 heavy (non-hydrogen) atoms. The van der Waals surface area contributed by atoms with E-state index >= 15 is 0 Å². The quantitative estimate of drug-likeness (QED) is 0.738. The van der Waals surface area contributed by atoms with E-state index in [1.165, 1.54) is 23.8 Å². The lowest BCUT2D eigenvalue weighted by Gasteiger charge is -2.44. The van der Waals surface area contributed by atoms with Crippen LogP contribution in [-0.2, 0) is 20.9 Å². The highest BCUT2D eigenvalue weighted by atomic mass is 16.5. The summed E-state index contributed by atoms with van der Waals surface area (Å²) in [6.45, 7) is 0.703. The molecule has 1 aromatic carbocycles. The second-order valence-electron chi connectivity index (χ2n) is 7.74. The van der Waals surface area contributed by atoms with Crippen LogP contribution in [0.1, 0.15) is 44.9 Å². The summed E-state index contributed by atoms with van der Waals surface area (Å²) in [5.41, 5.74) is 1.14. The Morgan fingerprint density at radius 2 is 1.89 bits per heavy atom. The number of piperidine rings is 1. The van der Waals surface area contributed by atoms with Crippen molar-refractivity contribution in [1.29, 1.82) is 0 Å². The van der Waals surface area contributed by atoms with Gasteiger partial charge in [0, 0.05) is 19.1 Å². The van der Waals surface area contributed by atoms with Crippen LogP contribution in [0.5, 0.6) is 0 Å². The zero-order valence-corrected chi connectivity index (χ0v) is 16.0. The molecule has 1 aliphatic carbocycles. The minimum Gasteiger partial charge on any atom is -0.456 e. The van der Waals surface area contributed by atoms with Gasteiger partial charge in [0.05, 0.1) is 11.9 Å². The minimum absolute atomic E-state index is 0.0166. The van der Waals surface area contributed by atoms with Gasteiger partial charge in [-0.15, -0.1) is 0 Å². The molecule has 1 amide bonds. The fraction of sp³-hybridized carbons (Fsp3) is 0.571. The summed E-state index contributed by atoms with van der Waals surface area (Å²) in [7, 11) is 0. The number of nitrogens with zero attached hydrogens (tertiary/aromatic N) is 2. The summed E-state index contributed by atoms with van der Waals surface area (Å²) < 4.78 is 11.8. The Balaban J connectivity index is 1.30. The third-order valence-corrected chi connectivity index (χ3v) is 6.03. The molecule has 2 aromatic rings. The number of rotatable bonds is 5. The molecule has 0 unspecified atom stereocenters. The average Bonchev–Trinajstić information content (AvgIpc) is 3.05. The van der Waals surface area contributed by atoms with Gasteiger partial charge in [-0.3, -0.25) is 14.2 Å². The summed E-state index contributed by atoms with van der Waals surface area (Å²) in [4.78, 5) is 38.6. The molecule has 2 fully saturated rings. The first-order valence-electron chi connectivity index (χ1n) is 10.2. The molecule has 7 heteroatoms. The van der Waals surface area contributed by atoms with Crippen LogP contribution in [0.2, 0.25) is 0 Å². The van der Waals surface area contributed by atoms with Gasteiger partial charge < -0.3 is 14.1 Å². The van der Waals surface area contributed by atoms with Gasteiger partial charge in [0.15, 0.2) is 12.2 Å². The molecule has 0 bridgehead atoms. The average molecular weight is 386 g/mol. The molecule has 0 spiro atoms. The van der Waals surface area contributed by atoms with Gasteiger partial charge in [-0.25, -0.2) is 4.79 Å². The zero-order valence-electron chi connectivity index (χ0n) is 16.0. The molecule has 2 aliphatic rings. The van der Waals surface area contributed by atoms with Gasteiger partial charge in [0.1, 0.15) is 0 Å². The Labute approximate surface area is 163 Å². The lowest BCUT2D eigenvalue weighted by molar-refractivity contribution is -0.155. The van der Waals surface area contributed by atoms with Crippen molar-refractivity contribution in [3.63, 3.8) is 0 Å². The summed E-state index contributed by atoms with van der Waals surface area (Å²) >= 11 is 0. The molecule has 4 rings (SSSR count). The van der Waals surface area contributed by atoms with Crippen molar-refractivity contribution in [2.75, 3.05) is 13.2 Å². The van der Waals surface area contributed by atoms with E-state index in [0.717, 1.165) is 25.8 Å². The molecule has 1 saturated carbocycles. The monoisotopic (exact) mass is 386 g/mol. The molecular formula is C21H26N2O5. The van der Waals surface area contributed by atoms with Gasteiger partial charge in [-0.2, -0.15) is 0 Å². The maximum atomic E-state index is 12.6. The van der Waals surface area contributed by atoms with Crippen molar-refractivity contribution in [1.82, 2.24) is 9.47 Å². The number of ether oxygens (including phenoxy) is 1. The number of para-hydroxylation sites is 2. The van der Waals surface area contributed by atoms with E-state index in [4.69, 9.17) is 9.15 Å². The predicted octanol–water partition coefficient (Wildman–Crippen LogP) is 2.71. The minimum atomic E-state index is -0.498. The highest BCUT2D eigenvalue weighted by molar-refractivity contribution is 5.81. The first kappa shape index (κ1) is 18.8. The number of fused-ring (bicyclic) bond motifs is 2. The van der Waals surface area contributed by atoms with Crippen molar-refractivity contribution in [3.8, 4) is 0 Å². The van der Waals surface area contributed by atoms with Crippen LogP contribution >= 0.6 is 0 Å². The lowest BCUT2D eigenvalue weighted by atomic mass is 9.78. The Kier molecular flexibility index (Phi) is 5.50. The van der Waals surface area contributed by atoms with E-state index in [1.54, 1.807) is 18.2 Å². The van der Waals surface area contributed by atoms with Gasteiger partial charge in [0.2, 0.25) is 0 Å². The number of aryl methyl sites for hydroxylation is 1. The van der Waals surface area contributed by atoms with Crippen LogP contribution < -0.4 is 5.76 Å². The number of carbonyl (C=O) groups is 2. The van der Waals surface area contributed by atoms with E-state index in [0.29, 0.717) is 23.1 Å². The van der Waals surface area contributed by atoms with Crippen LogP contribution in [0.25, 0.3) is 11.1 Å². The van der Waals surface area contributed by atoms with Crippen LogP contribution in [0.3, 0.4) is 0 Å². The van der Waals surface area contributed by atoms with Gasteiger partial charge >= 0.3 is 11.7 Å². The fourth-order valence-corrected chi connectivity index (χ4v) is 4.66. The number of esters is 1. The standard InChI is InChI=1S/C21H26N2O5/c24-19(22-12-5-7-15-6-1-2-8-16(15)22)14-27-20(25)11-13-23-17-9-3-4-10-18(17)28-21(23)26/h3-4,9-10,15-16H,1-2,5-8,11-14H2/t15-,16-/m0/s1. The molecule has 0 radical (unpaired) electrons. The van der Waals surface area contributed by atoms with Crippen molar-refractivity contribution in [2.24, 2.45) is 5.92 Å². The molecule has 7 nitrogen and oxygen atoms in total. The maximum Gasteiger partial charge on any atom is 0.419 e. The Morgan fingerprint density at radius 3 is 2.79 bits per heavy atom. The van der Waals surface area contributed by atoms with Crippen LogP contribution in [0.15, 0.2) is 33.5 Å². The smallest absolute Gasteiger partial charge is 0.419 e. The number of oxazole rings is 1. The molecule has 1 aromatic heterocycles. The van der Waals surface area contributed by atoms with Crippen molar-refractivity contribution in [3.05, 3.63) is 34.8 Å². The summed E-state index contributed by atoms with van der Waals surface area (Å²) in [5, 5.41) is 0. The maximum absolute atomic E-state index is 12.6. The zero-order chi connectivity index (χ0) is 19.5. The number of likely N-dealkylation sites (tertiary alicyclic amines) is 1. The summed E-state index contributed by atoms with van der Waals surface area (Å²) in [5.74, 6) is -0.483. The number of hydrogen-bond donors (Lipinski definition) is 0. The van der Waals surface area contributed by atoms with Gasteiger partial charge in [-0.05, 0) is 43.7 Å². The molecule has 2 atom stereocenters. The largest absolute Gasteiger partial charge is 0.456 e. The third-order valence-electron chi connectivity index (χ3n) is 6.03. The highest BCUT2D eigenvalue weighted by Gasteiger charge is 2.35. The van der Waals surface area contributed by atoms with Crippen molar-refractivity contribution >= 4 is 23.0 Å². The molecule has 150 valence electrons. The number of hydrogen-bond acceptors (Lipinski definition) is 5. The van der Waals surface area contributed by atoms with Gasteiger partial charge in [0.25, 0.3) is 5.91 Å². The van der Waals surface area contributed by atoms with Crippen LogP contribution in [-0.4, -0.2) is 40.5 Å². The molecule has 1 saturated heterocycles. The van der Waals surface area contributed by atoms with Crippen LogP contribution in [0, 0.1) is 5.92 Å². The highest BCUT2D eigenvalue weighted by Crippen LogP contribution is 2.35. The molecule has 0 N–H and O–H groups in total. The van der Waals surface area contributed by atoms with E-state index in [2.05, 4.69) is 0 Å². The molecule has 1 aliphatic heterocycles. The third kappa shape index (κ3) is 3.84. The topological polar surface area (TPSA) is 81.7 Å². The van der Waals surface area contributed by atoms with E-state index < -0.39 is 11.7 Å². The van der Waals surface area contributed by atoms with Gasteiger partial charge in [-0.1, -0.05) is 25.0 Å². The SMILES string of the molecule is O=C(CCn1c(=O)oc2ccccc21)OCC(=O)N1CCC[C@@H]2CCCC[C@@H]21. The number of aromatic nitrogens is 1. The first-order chi connectivity index (χ1) is 13.6. The van der Waals surface area contributed by atoms with Crippen molar-refractivity contribution < 1.29 is 18.7 Å². The number of benzene rings is 1. The van der Waals surface area contributed by atoms with E-state index in [9.17, 15) is 14.4 Å².